The zero-order valence-electron chi connectivity index (χ0n) is 11.0. The van der Waals surface area contributed by atoms with Crippen molar-refractivity contribution in [3.05, 3.63) is 24.0 Å². The maximum Gasteiger partial charge on any atom is 0.240 e. The first-order valence-electron chi connectivity index (χ1n) is 6.62. The highest BCUT2D eigenvalue weighted by atomic mass is 32.2. The summed E-state index contributed by atoms with van der Waals surface area (Å²) in [6, 6.07) is 3.20. The van der Waals surface area contributed by atoms with Gasteiger partial charge in [-0.2, -0.15) is 0 Å². The van der Waals surface area contributed by atoms with Crippen LogP contribution in [0.4, 0.5) is 10.1 Å². The number of benzene rings is 1. The number of hydrogen-bond acceptors (Lipinski definition) is 4. The predicted octanol–water partition coefficient (Wildman–Crippen LogP) is 1.24. The van der Waals surface area contributed by atoms with Crippen LogP contribution in [0.1, 0.15) is 25.7 Å². The highest BCUT2D eigenvalue weighted by molar-refractivity contribution is 7.89. The van der Waals surface area contributed by atoms with Gasteiger partial charge < -0.3 is 10.8 Å². The summed E-state index contributed by atoms with van der Waals surface area (Å²) >= 11 is 0. The van der Waals surface area contributed by atoms with Crippen molar-refractivity contribution in [3.8, 4) is 0 Å². The number of nitrogens with one attached hydrogen (secondary N) is 1. The van der Waals surface area contributed by atoms with Gasteiger partial charge in [0, 0.05) is 12.2 Å². The van der Waals surface area contributed by atoms with Gasteiger partial charge in [0.25, 0.3) is 0 Å². The van der Waals surface area contributed by atoms with Crippen LogP contribution in [0.15, 0.2) is 23.1 Å². The molecule has 1 saturated carbocycles. The first-order valence-corrected chi connectivity index (χ1v) is 8.10. The van der Waals surface area contributed by atoms with Crippen LogP contribution in [0.3, 0.4) is 0 Å². The van der Waals surface area contributed by atoms with Crippen molar-refractivity contribution in [1.29, 1.82) is 0 Å². The number of sulfonamides is 1. The van der Waals surface area contributed by atoms with Crippen molar-refractivity contribution in [2.45, 2.75) is 36.7 Å². The summed E-state index contributed by atoms with van der Waals surface area (Å²) in [6.07, 6.45) is 2.94. The van der Waals surface area contributed by atoms with Crippen LogP contribution in [-0.2, 0) is 10.0 Å². The Labute approximate surface area is 118 Å². The first kappa shape index (κ1) is 15.2. The van der Waals surface area contributed by atoms with Crippen molar-refractivity contribution in [1.82, 2.24) is 4.72 Å². The lowest BCUT2D eigenvalue weighted by Crippen LogP contribution is -2.36. The molecule has 1 aliphatic rings. The molecule has 5 nitrogen and oxygen atoms in total. The summed E-state index contributed by atoms with van der Waals surface area (Å²) in [4.78, 5) is -0.194. The summed E-state index contributed by atoms with van der Waals surface area (Å²) in [7, 11) is -3.81. The minimum atomic E-state index is -3.81. The molecule has 4 N–H and O–H groups in total. The second kappa shape index (κ2) is 6.07. The van der Waals surface area contributed by atoms with Gasteiger partial charge in [-0.1, -0.05) is 12.8 Å². The SMILES string of the molecule is Nc1cc(F)cc(S(=O)(=O)NCC2CCCCC2O)c1. The topological polar surface area (TPSA) is 92.4 Å². The predicted molar refractivity (Wildman–Crippen MR) is 74.0 cm³/mol. The Morgan fingerprint density at radius 2 is 2.00 bits per heavy atom. The lowest BCUT2D eigenvalue weighted by atomic mass is 9.87. The molecule has 1 aromatic rings. The third kappa shape index (κ3) is 3.68. The van der Waals surface area contributed by atoms with Crippen molar-refractivity contribution in [2.75, 3.05) is 12.3 Å². The molecule has 112 valence electrons. The molecule has 0 aromatic heterocycles. The first-order chi connectivity index (χ1) is 9.38. The van der Waals surface area contributed by atoms with E-state index in [1.807, 2.05) is 0 Å². The van der Waals surface area contributed by atoms with E-state index in [2.05, 4.69) is 4.72 Å². The van der Waals surface area contributed by atoms with Crippen LogP contribution in [0.5, 0.6) is 0 Å². The van der Waals surface area contributed by atoms with E-state index < -0.39 is 21.9 Å². The van der Waals surface area contributed by atoms with Gasteiger partial charge in [-0.15, -0.1) is 0 Å². The third-order valence-electron chi connectivity index (χ3n) is 3.61. The molecule has 1 aliphatic carbocycles. The summed E-state index contributed by atoms with van der Waals surface area (Å²) in [6.45, 7) is 0.153. The number of halogens is 1. The van der Waals surface area contributed by atoms with Gasteiger partial charge in [-0.3, -0.25) is 0 Å². The number of hydrogen-bond donors (Lipinski definition) is 3. The third-order valence-corrected chi connectivity index (χ3v) is 5.01. The fraction of sp³-hybridized carbons (Fsp3) is 0.538. The summed E-state index contributed by atoms with van der Waals surface area (Å²) in [5.74, 6) is -0.785. The number of aliphatic hydroxyl groups is 1. The Bertz CT molecular complexity index is 557. The molecule has 20 heavy (non-hydrogen) atoms. The van der Waals surface area contributed by atoms with Gasteiger partial charge in [-0.25, -0.2) is 17.5 Å². The number of aliphatic hydroxyl groups excluding tert-OH is 1. The highest BCUT2D eigenvalue weighted by Crippen LogP contribution is 2.24. The van der Waals surface area contributed by atoms with E-state index in [1.165, 1.54) is 6.07 Å². The fourth-order valence-electron chi connectivity index (χ4n) is 2.47. The van der Waals surface area contributed by atoms with E-state index in [0.29, 0.717) is 6.42 Å². The molecule has 0 heterocycles. The molecule has 0 radical (unpaired) electrons. The second-order valence-corrected chi connectivity index (χ2v) is 6.95. The van der Waals surface area contributed by atoms with Gasteiger partial charge >= 0.3 is 0 Å². The van der Waals surface area contributed by atoms with Gasteiger partial charge in [0.2, 0.25) is 10.0 Å². The van der Waals surface area contributed by atoms with Crippen molar-refractivity contribution in [3.63, 3.8) is 0 Å². The number of rotatable bonds is 4. The fourth-order valence-corrected chi connectivity index (χ4v) is 3.62. The second-order valence-electron chi connectivity index (χ2n) is 5.18. The van der Waals surface area contributed by atoms with Crippen LogP contribution in [-0.4, -0.2) is 26.2 Å². The smallest absolute Gasteiger partial charge is 0.240 e. The molecule has 0 spiro atoms. The lowest BCUT2D eigenvalue weighted by Gasteiger charge is -2.27. The van der Waals surface area contributed by atoms with Gasteiger partial charge in [-0.05, 0) is 37.0 Å². The number of anilines is 1. The Morgan fingerprint density at radius 1 is 1.30 bits per heavy atom. The minimum Gasteiger partial charge on any atom is -0.399 e. The molecule has 1 fully saturated rings. The Balaban J connectivity index is 2.07. The van der Waals surface area contributed by atoms with Crippen LogP contribution >= 0.6 is 0 Å². The monoisotopic (exact) mass is 302 g/mol. The zero-order valence-corrected chi connectivity index (χ0v) is 11.9. The van der Waals surface area contributed by atoms with Crippen molar-refractivity contribution < 1.29 is 17.9 Å². The molecule has 1 aromatic carbocycles. The molecule has 0 aliphatic heterocycles. The summed E-state index contributed by atoms with van der Waals surface area (Å²) in [5.41, 5.74) is 5.50. The maximum absolute atomic E-state index is 13.2. The van der Waals surface area contributed by atoms with E-state index in [0.717, 1.165) is 31.4 Å². The Hall–Kier alpha value is -1.18. The van der Waals surface area contributed by atoms with Crippen LogP contribution in [0, 0.1) is 11.7 Å². The van der Waals surface area contributed by atoms with E-state index in [4.69, 9.17) is 5.73 Å². The van der Waals surface area contributed by atoms with Crippen molar-refractivity contribution in [2.24, 2.45) is 5.92 Å². The van der Waals surface area contributed by atoms with Gasteiger partial charge in [0.15, 0.2) is 0 Å². The van der Waals surface area contributed by atoms with Crippen LogP contribution in [0.2, 0.25) is 0 Å². The quantitative estimate of drug-likeness (QED) is 0.730. The molecule has 2 atom stereocenters. The number of nitrogen functional groups attached to an aromatic ring is 1. The number of nitrogens with two attached hydrogens (primary N) is 1. The Kier molecular flexibility index (Phi) is 4.62. The average Bonchev–Trinajstić information content (AvgIpc) is 2.37. The van der Waals surface area contributed by atoms with E-state index in [1.54, 1.807) is 0 Å². The maximum atomic E-state index is 13.2. The van der Waals surface area contributed by atoms with Gasteiger partial charge in [0.05, 0.1) is 11.0 Å². The average molecular weight is 302 g/mol. The van der Waals surface area contributed by atoms with Crippen molar-refractivity contribution >= 4 is 15.7 Å². The normalized spacial score (nSPS) is 23.7. The summed E-state index contributed by atoms with van der Waals surface area (Å²) < 4.78 is 39.8. The van der Waals surface area contributed by atoms with Gasteiger partial charge in [0.1, 0.15) is 5.82 Å². The minimum absolute atomic E-state index is 0.0584. The molecule has 2 rings (SSSR count). The molecular formula is C13H19FN2O3S. The van der Waals surface area contributed by atoms with E-state index in [-0.39, 0.29) is 23.0 Å². The molecule has 0 bridgehead atoms. The summed E-state index contributed by atoms with van der Waals surface area (Å²) in [5, 5.41) is 9.81. The Morgan fingerprint density at radius 3 is 2.65 bits per heavy atom. The lowest BCUT2D eigenvalue weighted by molar-refractivity contribution is 0.0724. The molecule has 0 amide bonds. The van der Waals surface area contributed by atoms with Crippen LogP contribution in [0.25, 0.3) is 0 Å². The molecular weight excluding hydrogens is 283 g/mol. The standard InChI is InChI=1S/C13H19FN2O3S/c14-10-5-11(15)7-12(6-10)20(18,19)16-8-9-3-1-2-4-13(9)17/h5-7,9,13,16-17H,1-4,8,15H2. The van der Waals surface area contributed by atoms with Crippen LogP contribution < -0.4 is 10.5 Å². The molecule has 2 unspecified atom stereocenters. The largest absolute Gasteiger partial charge is 0.399 e. The van der Waals surface area contributed by atoms with E-state index >= 15 is 0 Å². The molecule has 0 saturated heterocycles. The molecule has 7 heteroatoms. The highest BCUT2D eigenvalue weighted by Gasteiger charge is 2.25. The van der Waals surface area contributed by atoms with E-state index in [9.17, 15) is 17.9 Å². The zero-order chi connectivity index (χ0) is 14.8.